The summed E-state index contributed by atoms with van der Waals surface area (Å²) in [5.74, 6) is -1.28. The molecule has 0 heterocycles. The fourth-order valence-electron chi connectivity index (χ4n) is 1.14. The van der Waals surface area contributed by atoms with Gasteiger partial charge >= 0.3 is 5.97 Å². The van der Waals surface area contributed by atoms with Crippen molar-refractivity contribution in [3.05, 3.63) is 35.1 Å². The number of carbonyl (C=O) groups excluding carboxylic acids is 1. The largest absolute Gasteiger partial charge is 0.467 e. The summed E-state index contributed by atoms with van der Waals surface area (Å²) in [4.78, 5) is 11.0. The van der Waals surface area contributed by atoms with Crippen molar-refractivity contribution in [2.75, 3.05) is 7.11 Å². The van der Waals surface area contributed by atoms with Crippen molar-refractivity contribution in [1.82, 2.24) is 0 Å². The van der Waals surface area contributed by atoms with Crippen molar-refractivity contribution in [3.63, 3.8) is 0 Å². The smallest absolute Gasteiger partial charge is 0.339 e. The van der Waals surface area contributed by atoms with Gasteiger partial charge in [0.25, 0.3) is 0 Å². The Kier molecular flexibility index (Phi) is 3.19. The number of benzene rings is 1. The van der Waals surface area contributed by atoms with Gasteiger partial charge in [0.1, 0.15) is 5.82 Å². The Morgan fingerprint density at radius 3 is 2.79 bits per heavy atom. The zero-order valence-corrected chi connectivity index (χ0v) is 7.95. The highest BCUT2D eigenvalue weighted by molar-refractivity contribution is 5.76. The van der Waals surface area contributed by atoms with Gasteiger partial charge in [-0.1, -0.05) is 6.07 Å². The van der Waals surface area contributed by atoms with E-state index in [4.69, 9.17) is 0 Å². The van der Waals surface area contributed by atoms with Gasteiger partial charge in [0.05, 0.1) is 7.11 Å². The second-order valence-corrected chi connectivity index (χ2v) is 2.93. The summed E-state index contributed by atoms with van der Waals surface area (Å²) < 4.78 is 17.2. The number of aliphatic hydroxyl groups is 1. The molecule has 0 saturated carbocycles. The molecule has 0 bridgehead atoms. The second-order valence-electron chi connectivity index (χ2n) is 2.93. The molecule has 0 saturated heterocycles. The first kappa shape index (κ1) is 10.7. The number of halogens is 1. The molecule has 0 amide bonds. The summed E-state index contributed by atoms with van der Waals surface area (Å²) in [6.07, 6.45) is -1.42. The van der Waals surface area contributed by atoms with Gasteiger partial charge in [0.2, 0.25) is 0 Å². The van der Waals surface area contributed by atoms with E-state index >= 15 is 0 Å². The third-order valence-electron chi connectivity index (χ3n) is 1.96. The van der Waals surface area contributed by atoms with Crippen LogP contribution in [0.25, 0.3) is 0 Å². The van der Waals surface area contributed by atoms with Crippen LogP contribution in [0.5, 0.6) is 0 Å². The van der Waals surface area contributed by atoms with Gasteiger partial charge < -0.3 is 9.84 Å². The van der Waals surface area contributed by atoms with Crippen LogP contribution in [0.3, 0.4) is 0 Å². The first-order valence-corrected chi connectivity index (χ1v) is 4.08. The number of aliphatic hydroxyl groups excluding tert-OH is 1. The fourth-order valence-corrected chi connectivity index (χ4v) is 1.14. The van der Waals surface area contributed by atoms with Gasteiger partial charge in [-0.2, -0.15) is 0 Å². The van der Waals surface area contributed by atoms with Gasteiger partial charge in [-0.3, -0.25) is 0 Å². The predicted octanol–water partition coefficient (Wildman–Crippen LogP) is 1.34. The van der Waals surface area contributed by atoms with Gasteiger partial charge in [0, 0.05) is 0 Å². The van der Waals surface area contributed by atoms with Crippen LogP contribution in [-0.2, 0) is 9.53 Å². The lowest BCUT2D eigenvalue weighted by molar-refractivity contribution is -0.150. The molecule has 0 radical (unpaired) electrons. The summed E-state index contributed by atoms with van der Waals surface area (Å²) in [6.45, 7) is 1.68. The molecule has 0 fully saturated rings. The van der Waals surface area contributed by atoms with E-state index in [2.05, 4.69) is 4.74 Å². The minimum Gasteiger partial charge on any atom is -0.467 e. The predicted molar refractivity (Wildman–Crippen MR) is 48.1 cm³/mol. The van der Waals surface area contributed by atoms with Crippen LogP contribution in [0, 0.1) is 12.7 Å². The van der Waals surface area contributed by atoms with Crippen LogP contribution >= 0.6 is 0 Å². The van der Waals surface area contributed by atoms with Crippen LogP contribution in [0.1, 0.15) is 17.2 Å². The molecular formula is C10H11FO3. The third-order valence-corrected chi connectivity index (χ3v) is 1.96. The Hall–Kier alpha value is -1.42. The molecule has 0 aliphatic rings. The van der Waals surface area contributed by atoms with Crippen molar-refractivity contribution in [3.8, 4) is 0 Å². The van der Waals surface area contributed by atoms with E-state index in [-0.39, 0.29) is 5.56 Å². The quantitative estimate of drug-likeness (QED) is 0.729. The van der Waals surface area contributed by atoms with Crippen molar-refractivity contribution in [2.24, 2.45) is 0 Å². The van der Waals surface area contributed by atoms with Crippen LogP contribution in [0.15, 0.2) is 18.2 Å². The highest BCUT2D eigenvalue weighted by Crippen LogP contribution is 2.19. The number of hydrogen-bond donors (Lipinski definition) is 1. The van der Waals surface area contributed by atoms with Crippen molar-refractivity contribution >= 4 is 5.97 Å². The average Bonchev–Trinajstić information content (AvgIpc) is 2.19. The molecule has 1 aromatic rings. The van der Waals surface area contributed by atoms with Crippen LogP contribution < -0.4 is 0 Å². The lowest BCUT2D eigenvalue weighted by atomic mass is 10.0. The van der Waals surface area contributed by atoms with E-state index < -0.39 is 17.9 Å². The maximum Gasteiger partial charge on any atom is 0.339 e. The summed E-state index contributed by atoms with van der Waals surface area (Å²) in [7, 11) is 1.17. The third kappa shape index (κ3) is 2.09. The fraction of sp³-hybridized carbons (Fsp3) is 0.300. The average molecular weight is 198 g/mol. The standard InChI is InChI=1S/C10H11FO3/c1-6-3-4-7(11)5-8(6)9(12)10(13)14-2/h3-5,9,12H,1-2H3. The van der Waals surface area contributed by atoms with Gasteiger partial charge in [-0.05, 0) is 30.2 Å². The van der Waals surface area contributed by atoms with Crippen LogP contribution in [0.2, 0.25) is 0 Å². The van der Waals surface area contributed by atoms with Crippen LogP contribution in [0.4, 0.5) is 4.39 Å². The Morgan fingerprint density at radius 1 is 1.57 bits per heavy atom. The molecule has 14 heavy (non-hydrogen) atoms. The molecular weight excluding hydrogens is 187 g/mol. The molecule has 1 N–H and O–H groups in total. The maximum atomic E-state index is 12.8. The summed E-state index contributed by atoms with van der Waals surface area (Å²) in [6, 6.07) is 3.89. The summed E-state index contributed by atoms with van der Waals surface area (Å²) in [5, 5.41) is 9.45. The number of ether oxygens (including phenoxy) is 1. The summed E-state index contributed by atoms with van der Waals surface area (Å²) in [5.41, 5.74) is 0.876. The molecule has 0 aliphatic heterocycles. The number of aryl methyl sites for hydroxylation is 1. The highest BCUT2D eigenvalue weighted by atomic mass is 19.1. The van der Waals surface area contributed by atoms with E-state index in [0.717, 1.165) is 6.07 Å². The number of carbonyl (C=O) groups is 1. The first-order valence-electron chi connectivity index (χ1n) is 4.08. The number of rotatable bonds is 2. The Labute approximate surface area is 81.1 Å². The molecule has 0 aromatic heterocycles. The zero-order valence-electron chi connectivity index (χ0n) is 7.95. The van der Waals surface area contributed by atoms with Crippen molar-refractivity contribution in [1.29, 1.82) is 0 Å². The molecule has 4 heteroatoms. The highest BCUT2D eigenvalue weighted by Gasteiger charge is 2.20. The van der Waals surface area contributed by atoms with Gasteiger partial charge in [-0.15, -0.1) is 0 Å². The van der Waals surface area contributed by atoms with Crippen LogP contribution in [-0.4, -0.2) is 18.2 Å². The zero-order chi connectivity index (χ0) is 10.7. The molecule has 1 rings (SSSR count). The molecule has 1 unspecified atom stereocenters. The maximum absolute atomic E-state index is 12.8. The van der Waals surface area contributed by atoms with Crippen molar-refractivity contribution in [2.45, 2.75) is 13.0 Å². The minimum atomic E-state index is -1.42. The van der Waals surface area contributed by atoms with E-state index in [9.17, 15) is 14.3 Å². The van der Waals surface area contributed by atoms with Crippen molar-refractivity contribution < 1.29 is 19.0 Å². The Balaban J connectivity index is 3.05. The molecule has 0 spiro atoms. The Bertz CT molecular complexity index is 349. The normalized spacial score (nSPS) is 12.3. The van der Waals surface area contributed by atoms with Gasteiger partial charge in [0.15, 0.2) is 6.10 Å². The number of hydrogen-bond acceptors (Lipinski definition) is 3. The monoisotopic (exact) mass is 198 g/mol. The van der Waals surface area contributed by atoms with E-state index in [1.54, 1.807) is 6.92 Å². The number of esters is 1. The van der Waals surface area contributed by atoms with E-state index in [1.165, 1.54) is 19.2 Å². The molecule has 1 atom stereocenters. The molecule has 0 aliphatic carbocycles. The lowest BCUT2D eigenvalue weighted by Crippen LogP contribution is -2.14. The minimum absolute atomic E-state index is 0.233. The SMILES string of the molecule is COC(=O)C(O)c1cc(F)ccc1C. The molecule has 3 nitrogen and oxygen atoms in total. The molecule has 76 valence electrons. The summed E-state index contributed by atoms with van der Waals surface area (Å²) >= 11 is 0. The van der Waals surface area contributed by atoms with Gasteiger partial charge in [-0.25, -0.2) is 9.18 Å². The first-order chi connectivity index (χ1) is 6.56. The molecule has 1 aromatic carbocycles. The lowest BCUT2D eigenvalue weighted by Gasteiger charge is -2.11. The van der Waals surface area contributed by atoms with E-state index in [0.29, 0.717) is 5.56 Å². The Morgan fingerprint density at radius 2 is 2.21 bits per heavy atom. The topological polar surface area (TPSA) is 46.5 Å². The second kappa shape index (κ2) is 4.19. The van der Waals surface area contributed by atoms with E-state index in [1.807, 2.05) is 0 Å². The number of methoxy groups -OCH3 is 1.